The van der Waals surface area contributed by atoms with Crippen molar-refractivity contribution in [2.75, 3.05) is 18.0 Å². The summed E-state index contributed by atoms with van der Waals surface area (Å²) in [6.45, 7) is 0.189. The smallest absolute Gasteiger partial charge is 0.268 e. The van der Waals surface area contributed by atoms with Gasteiger partial charge in [0.15, 0.2) is 0 Å². The van der Waals surface area contributed by atoms with Crippen LogP contribution >= 0.6 is 11.6 Å². The summed E-state index contributed by atoms with van der Waals surface area (Å²) in [5, 5.41) is 0.271. The number of halogens is 2. The maximum atomic E-state index is 14.1. The van der Waals surface area contributed by atoms with Crippen LogP contribution in [0, 0.1) is 5.82 Å². The topological polar surface area (TPSA) is 46.6 Å². The summed E-state index contributed by atoms with van der Waals surface area (Å²) >= 11 is 5.91. The van der Waals surface area contributed by atoms with Crippen molar-refractivity contribution in [3.05, 3.63) is 52.8 Å². The predicted molar refractivity (Wildman–Crippen MR) is 82.6 cm³/mol. The number of hydrogen-bond donors (Lipinski definition) is 0. The van der Waals surface area contributed by atoms with Crippen LogP contribution in [0.5, 0.6) is 5.75 Å². The number of hydrogen-bond acceptors (Lipinski definition) is 3. The normalized spacial score (nSPS) is 14.0. The van der Waals surface area contributed by atoms with Gasteiger partial charge >= 0.3 is 0 Å². The van der Waals surface area contributed by atoms with Crippen molar-refractivity contribution in [3.8, 4) is 5.75 Å². The molecule has 116 valence electrons. The molecule has 0 aliphatic carbocycles. The third kappa shape index (κ3) is 2.32. The Morgan fingerprint density at radius 1 is 1.27 bits per heavy atom. The molecule has 0 unspecified atom stereocenters. The van der Waals surface area contributed by atoms with Crippen molar-refractivity contribution in [1.29, 1.82) is 0 Å². The van der Waals surface area contributed by atoms with Crippen LogP contribution in [-0.4, -0.2) is 22.1 Å². The number of fused-ring (bicyclic) bond motifs is 1. The van der Waals surface area contributed by atoms with Gasteiger partial charge in [-0.15, -0.1) is 0 Å². The molecule has 1 aliphatic rings. The van der Waals surface area contributed by atoms with Crippen LogP contribution in [0.1, 0.15) is 5.56 Å². The molecule has 2 aromatic rings. The van der Waals surface area contributed by atoms with E-state index in [0.29, 0.717) is 12.0 Å². The number of methoxy groups -OCH3 is 1. The van der Waals surface area contributed by atoms with Gasteiger partial charge in [-0.25, -0.2) is 12.8 Å². The zero-order chi connectivity index (χ0) is 15.9. The number of nitrogens with zero attached hydrogens (tertiary/aromatic N) is 1. The van der Waals surface area contributed by atoms with Gasteiger partial charge in [-0.3, -0.25) is 4.31 Å². The zero-order valence-corrected chi connectivity index (χ0v) is 13.3. The lowest BCUT2D eigenvalue weighted by atomic mass is 10.2. The average molecular weight is 342 g/mol. The van der Waals surface area contributed by atoms with Crippen molar-refractivity contribution in [2.24, 2.45) is 0 Å². The van der Waals surface area contributed by atoms with E-state index in [1.165, 1.54) is 31.4 Å². The molecule has 0 aromatic heterocycles. The molecular weight excluding hydrogens is 329 g/mol. The highest BCUT2D eigenvalue weighted by Crippen LogP contribution is 2.38. The molecule has 4 nitrogen and oxygen atoms in total. The third-order valence-corrected chi connectivity index (χ3v) is 5.65. The Balaban J connectivity index is 2.16. The summed E-state index contributed by atoms with van der Waals surface area (Å²) in [7, 11) is -2.58. The number of sulfonamides is 1. The fourth-order valence-electron chi connectivity index (χ4n) is 2.59. The zero-order valence-electron chi connectivity index (χ0n) is 11.7. The Kier molecular flexibility index (Phi) is 3.74. The van der Waals surface area contributed by atoms with E-state index in [2.05, 4.69) is 0 Å². The van der Waals surface area contributed by atoms with Crippen molar-refractivity contribution >= 4 is 27.3 Å². The van der Waals surface area contributed by atoms with Gasteiger partial charge in [-0.05, 0) is 36.2 Å². The van der Waals surface area contributed by atoms with Gasteiger partial charge in [0.25, 0.3) is 10.0 Å². The van der Waals surface area contributed by atoms with E-state index in [9.17, 15) is 12.8 Å². The quantitative estimate of drug-likeness (QED) is 0.861. The highest BCUT2D eigenvalue weighted by Gasteiger charge is 2.35. The monoisotopic (exact) mass is 341 g/mol. The van der Waals surface area contributed by atoms with Gasteiger partial charge in [0.1, 0.15) is 16.5 Å². The maximum absolute atomic E-state index is 14.1. The summed E-state index contributed by atoms with van der Waals surface area (Å²) < 4.78 is 46.1. The van der Waals surface area contributed by atoms with Crippen LogP contribution in [-0.2, 0) is 16.4 Å². The molecule has 0 amide bonds. The van der Waals surface area contributed by atoms with E-state index < -0.39 is 15.8 Å². The van der Waals surface area contributed by atoms with Gasteiger partial charge in [-0.1, -0.05) is 23.7 Å². The molecule has 0 fully saturated rings. The SMILES string of the molecule is COc1ccc(Cl)cc1S(=O)(=O)N1CCc2cccc(F)c21. The van der Waals surface area contributed by atoms with Gasteiger partial charge < -0.3 is 4.74 Å². The summed E-state index contributed by atoms with van der Waals surface area (Å²) in [4.78, 5) is -0.0707. The Labute approximate surface area is 133 Å². The first-order chi connectivity index (χ1) is 10.4. The van der Waals surface area contributed by atoms with Crippen molar-refractivity contribution in [3.63, 3.8) is 0 Å². The first-order valence-corrected chi connectivity index (χ1v) is 8.40. The van der Waals surface area contributed by atoms with Gasteiger partial charge in [0.05, 0.1) is 12.8 Å². The minimum Gasteiger partial charge on any atom is -0.495 e. The standard InChI is InChI=1S/C15H13ClFNO3S/c1-21-13-6-5-11(16)9-14(13)22(19,20)18-8-7-10-3-2-4-12(17)15(10)18/h2-6,9H,7-8H2,1H3. The molecule has 7 heteroatoms. The van der Waals surface area contributed by atoms with E-state index in [1.54, 1.807) is 12.1 Å². The number of anilines is 1. The molecule has 2 aromatic carbocycles. The van der Waals surface area contributed by atoms with Crippen LogP contribution in [0.4, 0.5) is 10.1 Å². The molecule has 0 saturated carbocycles. The Bertz CT molecular complexity index is 839. The lowest BCUT2D eigenvalue weighted by Crippen LogP contribution is -2.30. The maximum Gasteiger partial charge on any atom is 0.268 e. The highest BCUT2D eigenvalue weighted by molar-refractivity contribution is 7.93. The fraction of sp³-hybridized carbons (Fsp3) is 0.200. The molecule has 22 heavy (non-hydrogen) atoms. The first kappa shape index (κ1) is 15.1. The highest BCUT2D eigenvalue weighted by atomic mass is 35.5. The van der Waals surface area contributed by atoms with Gasteiger partial charge in [0, 0.05) is 11.6 Å². The van der Waals surface area contributed by atoms with Crippen LogP contribution in [0.3, 0.4) is 0 Å². The van der Waals surface area contributed by atoms with E-state index in [4.69, 9.17) is 16.3 Å². The number of para-hydroxylation sites is 1. The summed E-state index contributed by atoms with van der Waals surface area (Å²) in [6, 6.07) is 8.88. The average Bonchev–Trinajstić information content (AvgIpc) is 2.93. The fourth-order valence-corrected chi connectivity index (χ4v) is 4.52. The second-order valence-corrected chi connectivity index (χ2v) is 7.14. The number of benzene rings is 2. The Morgan fingerprint density at radius 3 is 2.77 bits per heavy atom. The molecule has 1 aliphatic heterocycles. The second kappa shape index (κ2) is 5.44. The van der Waals surface area contributed by atoms with E-state index in [1.807, 2.05) is 0 Å². The number of rotatable bonds is 3. The molecule has 3 rings (SSSR count). The minimum atomic E-state index is -3.96. The summed E-state index contributed by atoms with van der Waals surface area (Å²) in [6.07, 6.45) is 0.467. The van der Waals surface area contributed by atoms with Crippen LogP contribution < -0.4 is 9.04 Å². The minimum absolute atomic E-state index is 0.0707. The van der Waals surface area contributed by atoms with E-state index >= 15 is 0 Å². The van der Waals surface area contributed by atoms with E-state index in [0.717, 1.165) is 4.31 Å². The summed E-state index contributed by atoms with van der Waals surface area (Å²) in [5.74, 6) is -0.381. The first-order valence-electron chi connectivity index (χ1n) is 6.59. The lowest BCUT2D eigenvalue weighted by molar-refractivity contribution is 0.402. The number of ether oxygens (including phenoxy) is 1. The molecule has 0 bridgehead atoms. The van der Waals surface area contributed by atoms with Crippen molar-refractivity contribution in [2.45, 2.75) is 11.3 Å². The Hall–Kier alpha value is -1.79. The van der Waals surface area contributed by atoms with Gasteiger partial charge in [0.2, 0.25) is 0 Å². The van der Waals surface area contributed by atoms with Crippen LogP contribution in [0.25, 0.3) is 0 Å². The molecule has 0 radical (unpaired) electrons. The third-order valence-electron chi connectivity index (χ3n) is 3.60. The van der Waals surface area contributed by atoms with Crippen LogP contribution in [0.2, 0.25) is 5.02 Å². The Morgan fingerprint density at radius 2 is 2.05 bits per heavy atom. The molecule has 0 atom stereocenters. The van der Waals surface area contributed by atoms with Crippen molar-refractivity contribution < 1.29 is 17.5 Å². The molecule has 0 N–H and O–H groups in total. The van der Waals surface area contributed by atoms with Crippen molar-refractivity contribution in [1.82, 2.24) is 0 Å². The molecule has 1 heterocycles. The second-order valence-electron chi connectivity index (χ2n) is 4.87. The molecule has 0 spiro atoms. The van der Waals surface area contributed by atoms with E-state index in [-0.39, 0.29) is 27.9 Å². The largest absolute Gasteiger partial charge is 0.495 e. The lowest BCUT2D eigenvalue weighted by Gasteiger charge is -2.21. The molecule has 0 saturated heterocycles. The van der Waals surface area contributed by atoms with Gasteiger partial charge in [-0.2, -0.15) is 0 Å². The van der Waals surface area contributed by atoms with Crippen LogP contribution in [0.15, 0.2) is 41.3 Å². The summed E-state index contributed by atoms with van der Waals surface area (Å²) in [5.41, 5.74) is 0.772. The predicted octanol–water partition coefficient (Wildman–Crippen LogP) is 3.24. The molecular formula is C15H13ClFNO3S.